The van der Waals surface area contributed by atoms with Gasteiger partial charge in [0.05, 0.1) is 6.54 Å². The van der Waals surface area contributed by atoms with Crippen LogP contribution >= 0.6 is 0 Å². The molecule has 0 spiro atoms. The zero-order valence-electron chi connectivity index (χ0n) is 8.75. The van der Waals surface area contributed by atoms with Gasteiger partial charge in [-0.2, -0.15) is 6.41 Å². The van der Waals surface area contributed by atoms with Crippen LogP contribution in [-0.2, 0) is 9.59 Å². The van der Waals surface area contributed by atoms with Gasteiger partial charge in [0.2, 0.25) is 0 Å². The summed E-state index contributed by atoms with van der Waals surface area (Å²) >= 11 is 0. The van der Waals surface area contributed by atoms with Gasteiger partial charge in [-0.1, -0.05) is 0 Å². The SMILES string of the molecule is Cc1cc(F)cc(F)c1.O=[C-]NCC(=O)O.[Fm]. The van der Waals surface area contributed by atoms with E-state index in [0.717, 1.165) is 6.07 Å². The molecule has 1 aromatic rings. The minimum atomic E-state index is -1.07. The van der Waals surface area contributed by atoms with Crippen LogP contribution in [0.4, 0.5) is 8.78 Å². The van der Waals surface area contributed by atoms with E-state index in [1.54, 1.807) is 6.92 Å². The van der Waals surface area contributed by atoms with Gasteiger partial charge in [0, 0.05) is 6.07 Å². The van der Waals surface area contributed by atoms with Gasteiger partial charge in [-0.3, -0.25) is 4.79 Å². The van der Waals surface area contributed by atoms with Crippen molar-refractivity contribution in [2.75, 3.05) is 6.54 Å². The van der Waals surface area contributed by atoms with Gasteiger partial charge in [-0.05, 0) is 24.6 Å². The molecule has 0 aliphatic carbocycles. The molecule has 0 heterocycles. The number of nitrogens with one attached hydrogen (secondary N) is 1. The van der Waals surface area contributed by atoms with Gasteiger partial charge in [-0.25, -0.2) is 8.78 Å². The van der Waals surface area contributed by atoms with E-state index < -0.39 is 17.6 Å². The molecule has 4 nitrogen and oxygen atoms in total. The second-order valence-electron chi connectivity index (χ2n) is 2.80. The molecule has 1 amide bonds. The van der Waals surface area contributed by atoms with Crippen LogP contribution < -0.4 is 5.32 Å². The number of carboxylic acid groups (broad SMARTS) is 1. The largest absolute Gasteiger partial charge is 0.521 e. The van der Waals surface area contributed by atoms with E-state index >= 15 is 0 Å². The van der Waals surface area contributed by atoms with E-state index in [1.165, 1.54) is 18.5 Å². The summed E-state index contributed by atoms with van der Waals surface area (Å²) < 4.78 is 24.4. The fraction of sp³-hybridized carbons (Fsp3) is 0.200. The topological polar surface area (TPSA) is 66.4 Å². The quantitative estimate of drug-likeness (QED) is 0.495. The summed E-state index contributed by atoms with van der Waals surface area (Å²) in [5.74, 6) is -2.11. The first-order chi connectivity index (χ1) is 7.45. The predicted octanol–water partition coefficient (Wildman–Crippen LogP) is 1.00. The van der Waals surface area contributed by atoms with Crippen LogP contribution in [0, 0.1) is 18.6 Å². The molecule has 0 radical (unpaired) electrons. The molecule has 0 aliphatic rings. The third kappa shape index (κ3) is 9.33. The van der Waals surface area contributed by atoms with E-state index in [4.69, 9.17) is 5.11 Å². The summed E-state index contributed by atoms with van der Waals surface area (Å²) in [6.45, 7) is 1.29. The van der Waals surface area contributed by atoms with Crippen molar-refractivity contribution in [3.8, 4) is 0 Å². The Kier molecular flexibility index (Phi) is 8.07. The van der Waals surface area contributed by atoms with Gasteiger partial charge in [0.15, 0.2) is 0 Å². The number of carbonyl (C=O) groups is 1. The normalized spacial score (nSPS) is 8.18. The van der Waals surface area contributed by atoms with Gasteiger partial charge in [0.1, 0.15) is 11.6 Å². The molecule has 0 atom stereocenters. The summed E-state index contributed by atoms with van der Waals surface area (Å²) in [6, 6.07) is 3.42. The average Bonchev–Trinajstić information content (AvgIpc) is 2.13. The number of halogens is 2. The van der Waals surface area contributed by atoms with Crippen molar-refractivity contribution in [1.82, 2.24) is 5.32 Å². The van der Waals surface area contributed by atoms with E-state index in [2.05, 4.69) is 0 Å². The molecule has 0 saturated carbocycles. The standard InChI is InChI=1S/C7H6F2.C3H4NO3.Fm/c1-5-2-6(8)4-7(9)3-5;5-2-4-1-3(6)7;/h2-4H,1H3;1H2,(H,4,5)(H,6,7);/q;-1;. The Hall–Kier alpha value is -2.98. The van der Waals surface area contributed by atoms with Crippen molar-refractivity contribution in [3.63, 3.8) is 0 Å². The van der Waals surface area contributed by atoms with E-state index in [0.29, 0.717) is 5.56 Å². The first-order valence-electron chi connectivity index (χ1n) is 4.20. The zero-order chi connectivity index (χ0) is 12.6. The molecule has 0 unspecified atom stereocenters. The maximum absolute atomic E-state index is 12.2. The van der Waals surface area contributed by atoms with Crippen LogP contribution in [0.1, 0.15) is 5.56 Å². The van der Waals surface area contributed by atoms with Crippen molar-refractivity contribution in [3.05, 3.63) is 35.4 Å². The molecule has 17 heavy (non-hydrogen) atoms. The van der Waals surface area contributed by atoms with Crippen LogP contribution in [-0.4, -0.2) is 24.0 Å². The molecule has 0 fully saturated rings. The number of aliphatic carboxylic acids is 1. The monoisotopic (exact) mass is 487 g/mol. The number of aryl methyl sites for hydroxylation is 1. The van der Waals surface area contributed by atoms with Gasteiger partial charge in [0.25, 0.3) is 0 Å². The molecule has 2 N–H and O–H groups in total. The molecule has 7 heteroatoms. The molecule has 1 aromatic carbocycles. The van der Waals surface area contributed by atoms with Crippen LogP contribution in [0.15, 0.2) is 18.2 Å². The van der Waals surface area contributed by atoms with Crippen LogP contribution in [0.3, 0.4) is 0 Å². The Morgan fingerprint density at radius 3 is 2.06 bits per heavy atom. The van der Waals surface area contributed by atoms with Crippen molar-refractivity contribution in [2.45, 2.75) is 6.92 Å². The molecule has 1 rings (SSSR count). The molecular weight excluding hydrogens is 477 g/mol. The predicted molar refractivity (Wildman–Crippen MR) is 52.4 cm³/mol. The summed E-state index contributed by atoms with van der Waals surface area (Å²) in [5, 5.41) is 9.65. The summed E-state index contributed by atoms with van der Waals surface area (Å²) in [4.78, 5) is 18.7. The number of carboxylic acids is 1. The summed E-state index contributed by atoms with van der Waals surface area (Å²) in [5.41, 5.74) is 0.604. The van der Waals surface area contributed by atoms with E-state index in [9.17, 15) is 18.4 Å². The maximum atomic E-state index is 12.2. The van der Waals surface area contributed by atoms with Crippen molar-refractivity contribution < 1.29 is 23.5 Å². The fourth-order valence-electron chi connectivity index (χ4n) is 0.803. The Balaban J connectivity index is 0. The van der Waals surface area contributed by atoms with E-state index in [-0.39, 0.29) is 6.54 Å². The van der Waals surface area contributed by atoms with Gasteiger partial charge < -0.3 is 15.2 Å². The van der Waals surface area contributed by atoms with Gasteiger partial charge >= 0.3 is 5.97 Å². The average molecular weight is 487 g/mol. The van der Waals surface area contributed by atoms with Crippen LogP contribution in [0.2, 0.25) is 0 Å². The minimum Gasteiger partial charge on any atom is -0.521 e. The second-order valence-corrected chi connectivity index (χ2v) is 2.80. The number of rotatable bonds is 3. The number of amides is 1. The van der Waals surface area contributed by atoms with Crippen molar-refractivity contribution in [1.29, 1.82) is 0 Å². The van der Waals surface area contributed by atoms with E-state index in [1.807, 2.05) is 5.32 Å². The Labute approximate surface area is 90.9 Å². The smallest absolute Gasteiger partial charge is 0.320 e. The Morgan fingerprint density at radius 2 is 1.82 bits per heavy atom. The second kappa shape index (κ2) is 8.34. The molecule has 0 saturated heterocycles. The maximum Gasteiger partial charge on any atom is 0.320 e. The number of carbonyl (C=O) groups excluding carboxylic acids is 1. The molecule has 100 valence electrons. The fourth-order valence-corrected chi connectivity index (χ4v) is 0.803. The van der Waals surface area contributed by atoms with Crippen LogP contribution in [0.25, 0.3) is 0 Å². The molecule has 0 aliphatic heterocycles. The molecule has 0 bridgehead atoms. The van der Waals surface area contributed by atoms with Crippen LogP contribution in [0.5, 0.6) is 0 Å². The minimum absolute atomic E-state index is 0. The first-order valence-corrected chi connectivity index (χ1v) is 4.20. The molecule has 0 aromatic heterocycles. The number of hydrogen-bond donors (Lipinski definition) is 2. The third-order valence-corrected chi connectivity index (χ3v) is 1.32. The third-order valence-electron chi connectivity index (χ3n) is 1.32. The van der Waals surface area contributed by atoms with Crippen molar-refractivity contribution in [2.24, 2.45) is 0 Å². The summed E-state index contributed by atoms with van der Waals surface area (Å²) in [6.07, 6.45) is 1.22. The zero-order valence-corrected chi connectivity index (χ0v) is 11.2. The number of hydrogen-bond acceptors (Lipinski definition) is 2. The van der Waals surface area contributed by atoms with Gasteiger partial charge in [-0.15, -0.1) is 0 Å². The first kappa shape index (κ1) is 16.4. The number of benzene rings is 1. The van der Waals surface area contributed by atoms with Crippen molar-refractivity contribution >= 4 is 12.4 Å². The molecular formula is C10H10F2FmNO3-. The Morgan fingerprint density at radius 1 is 1.35 bits per heavy atom. The summed E-state index contributed by atoms with van der Waals surface area (Å²) in [7, 11) is 0. The Bertz CT molecular complexity index is 324.